The molecule has 30 heavy (non-hydrogen) atoms. The van der Waals surface area contributed by atoms with Crippen LogP contribution >= 0.6 is 0 Å². The van der Waals surface area contributed by atoms with Gasteiger partial charge in [0.05, 0.1) is 5.39 Å². The van der Waals surface area contributed by atoms with Crippen molar-refractivity contribution < 1.29 is 22.7 Å². The minimum absolute atomic E-state index is 0.0129. The average molecular weight is 408 g/mol. The van der Waals surface area contributed by atoms with E-state index in [9.17, 15) is 13.6 Å². The van der Waals surface area contributed by atoms with Gasteiger partial charge in [-0.05, 0) is 24.6 Å². The maximum absolute atomic E-state index is 14.0. The average Bonchev–Trinajstić information content (AvgIpc) is 2.72. The Bertz CT molecular complexity index is 1260. The summed E-state index contributed by atoms with van der Waals surface area (Å²) in [5, 5.41) is 0.587. The molecule has 0 saturated heterocycles. The summed E-state index contributed by atoms with van der Waals surface area (Å²) in [5.74, 6) is -0.0442. The van der Waals surface area contributed by atoms with Crippen molar-refractivity contribution in [3.63, 3.8) is 0 Å². The predicted octanol–water partition coefficient (Wildman–Crippen LogP) is 5.54. The van der Waals surface area contributed by atoms with Crippen molar-refractivity contribution in [1.29, 1.82) is 0 Å². The van der Waals surface area contributed by atoms with Gasteiger partial charge in [0.25, 0.3) is 0 Å². The molecule has 6 heteroatoms. The monoisotopic (exact) mass is 408 g/mol. The molecule has 4 aromatic rings. The van der Waals surface area contributed by atoms with E-state index in [1.54, 1.807) is 55.5 Å². The first-order valence-corrected chi connectivity index (χ1v) is 9.32. The highest BCUT2D eigenvalue weighted by molar-refractivity contribution is 5.88. The Morgan fingerprint density at radius 1 is 0.833 bits per heavy atom. The van der Waals surface area contributed by atoms with Crippen LogP contribution in [0.2, 0.25) is 0 Å². The van der Waals surface area contributed by atoms with Gasteiger partial charge in [-0.1, -0.05) is 36.4 Å². The molecule has 0 aliphatic carbocycles. The molecule has 0 bridgehead atoms. The van der Waals surface area contributed by atoms with E-state index in [0.29, 0.717) is 33.6 Å². The zero-order chi connectivity index (χ0) is 21.1. The lowest BCUT2D eigenvalue weighted by molar-refractivity contribution is 0.286. The number of halogens is 2. The van der Waals surface area contributed by atoms with Gasteiger partial charge in [-0.2, -0.15) is 0 Å². The SMILES string of the molecule is Cc1cc(=O)oc2cc(OCc3ccccc3F)cc(OCc3ccccc3F)c12. The molecule has 0 atom stereocenters. The van der Waals surface area contributed by atoms with Gasteiger partial charge in [0.15, 0.2) is 0 Å². The largest absolute Gasteiger partial charge is 0.489 e. The molecule has 0 unspecified atom stereocenters. The van der Waals surface area contributed by atoms with Crippen LogP contribution in [0.25, 0.3) is 11.0 Å². The number of benzene rings is 3. The number of aryl methyl sites for hydroxylation is 1. The van der Waals surface area contributed by atoms with Gasteiger partial charge in [0, 0.05) is 29.3 Å². The molecule has 4 nitrogen and oxygen atoms in total. The third-order valence-electron chi connectivity index (χ3n) is 4.67. The van der Waals surface area contributed by atoms with Crippen LogP contribution < -0.4 is 15.1 Å². The van der Waals surface area contributed by atoms with Gasteiger partial charge >= 0.3 is 5.63 Å². The van der Waals surface area contributed by atoms with Crippen LogP contribution in [0.1, 0.15) is 16.7 Å². The standard InChI is InChI=1S/C24H18F2O4/c1-15-10-23(27)30-22-12-18(28-13-16-6-2-4-8-19(16)25)11-21(24(15)22)29-14-17-7-3-5-9-20(17)26/h2-12H,13-14H2,1H3. The Balaban J connectivity index is 1.68. The zero-order valence-corrected chi connectivity index (χ0v) is 16.2. The summed E-state index contributed by atoms with van der Waals surface area (Å²) in [5.41, 5.74) is 1.20. The molecular weight excluding hydrogens is 390 g/mol. The highest BCUT2D eigenvalue weighted by Gasteiger charge is 2.14. The molecule has 1 aromatic heterocycles. The fourth-order valence-corrected chi connectivity index (χ4v) is 3.17. The summed E-state index contributed by atoms with van der Waals surface area (Å²) in [6, 6.07) is 17.1. The van der Waals surface area contributed by atoms with Gasteiger partial charge in [-0.3, -0.25) is 0 Å². The van der Waals surface area contributed by atoms with Crippen LogP contribution in [0.4, 0.5) is 8.78 Å². The molecule has 4 rings (SSSR count). The zero-order valence-electron chi connectivity index (χ0n) is 16.2. The van der Waals surface area contributed by atoms with E-state index in [4.69, 9.17) is 13.9 Å². The first-order valence-electron chi connectivity index (χ1n) is 9.32. The van der Waals surface area contributed by atoms with Crippen molar-refractivity contribution >= 4 is 11.0 Å². The van der Waals surface area contributed by atoms with E-state index < -0.39 is 5.63 Å². The molecule has 0 fully saturated rings. The van der Waals surface area contributed by atoms with Crippen LogP contribution in [0, 0.1) is 18.6 Å². The van der Waals surface area contributed by atoms with E-state index in [2.05, 4.69) is 0 Å². The molecule has 0 amide bonds. The van der Waals surface area contributed by atoms with Crippen molar-refractivity contribution in [3.8, 4) is 11.5 Å². The third kappa shape index (κ3) is 4.17. The van der Waals surface area contributed by atoms with E-state index in [-0.39, 0.29) is 30.4 Å². The van der Waals surface area contributed by atoms with Gasteiger partial charge in [0.1, 0.15) is 41.9 Å². The van der Waals surface area contributed by atoms with E-state index in [1.165, 1.54) is 18.2 Å². The van der Waals surface area contributed by atoms with E-state index >= 15 is 0 Å². The first kappa shape index (κ1) is 19.6. The fraction of sp³-hybridized carbons (Fsp3) is 0.125. The van der Waals surface area contributed by atoms with Crippen molar-refractivity contribution in [2.45, 2.75) is 20.1 Å². The molecule has 0 N–H and O–H groups in total. The minimum atomic E-state index is -0.508. The number of ether oxygens (including phenoxy) is 2. The Hall–Kier alpha value is -3.67. The van der Waals surface area contributed by atoms with Crippen molar-refractivity contribution in [3.05, 3.63) is 105 Å². The number of rotatable bonds is 6. The molecule has 0 aliphatic heterocycles. The first-order chi connectivity index (χ1) is 14.5. The van der Waals surface area contributed by atoms with Crippen LogP contribution in [0.15, 0.2) is 75.9 Å². The van der Waals surface area contributed by atoms with Crippen molar-refractivity contribution in [2.75, 3.05) is 0 Å². The summed E-state index contributed by atoms with van der Waals surface area (Å²) in [4.78, 5) is 11.8. The Labute approximate surface area is 171 Å². The molecule has 0 radical (unpaired) electrons. The molecule has 0 aliphatic rings. The fourth-order valence-electron chi connectivity index (χ4n) is 3.17. The van der Waals surface area contributed by atoms with Crippen LogP contribution in [-0.2, 0) is 13.2 Å². The Kier molecular flexibility index (Phi) is 5.48. The van der Waals surface area contributed by atoms with E-state index in [1.807, 2.05) is 0 Å². The van der Waals surface area contributed by atoms with Gasteiger partial charge in [-0.25, -0.2) is 13.6 Å². The second-order valence-electron chi connectivity index (χ2n) is 6.80. The second-order valence-corrected chi connectivity index (χ2v) is 6.80. The Morgan fingerprint density at radius 2 is 1.43 bits per heavy atom. The lowest BCUT2D eigenvalue weighted by atomic mass is 10.1. The molecule has 1 heterocycles. The van der Waals surface area contributed by atoms with Gasteiger partial charge < -0.3 is 13.9 Å². The van der Waals surface area contributed by atoms with Crippen LogP contribution in [0.5, 0.6) is 11.5 Å². The number of fused-ring (bicyclic) bond motifs is 1. The molecule has 0 saturated carbocycles. The minimum Gasteiger partial charge on any atom is -0.489 e. The highest BCUT2D eigenvalue weighted by Crippen LogP contribution is 2.34. The maximum atomic E-state index is 14.0. The Morgan fingerprint density at radius 3 is 2.07 bits per heavy atom. The summed E-state index contributed by atoms with van der Waals surface area (Å²) in [7, 11) is 0. The second kappa shape index (κ2) is 8.37. The van der Waals surface area contributed by atoms with Crippen molar-refractivity contribution in [2.24, 2.45) is 0 Å². The normalized spacial score (nSPS) is 10.9. The van der Waals surface area contributed by atoms with Gasteiger partial charge in [-0.15, -0.1) is 0 Å². The van der Waals surface area contributed by atoms with E-state index in [0.717, 1.165) is 0 Å². The topological polar surface area (TPSA) is 48.7 Å². The molecule has 0 spiro atoms. The summed E-state index contributed by atoms with van der Waals surface area (Å²) >= 11 is 0. The summed E-state index contributed by atoms with van der Waals surface area (Å²) in [6.07, 6.45) is 0. The van der Waals surface area contributed by atoms with Crippen molar-refractivity contribution in [1.82, 2.24) is 0 Å². The van der Waals surface area contributed by atoms with Crippen LogP contribution in [0.3, 0.4) is 0 Å². The molecular formula is C24H18F2O4. The lowest BCUT2D eigenvalue weighted by Gasteiger charge is -2.14. The third-order valence-corrected chi connectivity index (χ3v) is 4.67. The summed E-state index contributed by atoms with van der Waals surface area (Å²) < 4.78 is 44.7. The predicted molar refractivity (Wildman–Crippen MR) is 109 cm³/mol. The smallest absolute Gasteiger partial charge is 0.336 e. The molecule has 3 aromatic carbocycles. The van der Waals surface area contributed by atoms with Crippen LogP contribution in [-0.4, -0.2) is 0 Å². The lowest BCUT2D eigenvalue weighted by Crippen LogP contribution is -2.04. The highest BCUT2D eigenvalue weighted by atomic mass is 19.1. The maximum Gasteiger partial charge on any atom is 0.336 e. The van der Waals surface area contributed by atoms with Gasteiger partial charge in [0.2, 0.25) is 0 Å². The number of hydrogen-bond acceptors (Lipinski definition) is 4. The summed E-state index contributed by atoms with van der Waals surface area (Å²) in [6.45, 7) is 1.73. The number of hydrogen-bond donors (Lipinski definition) is 0. The quantitative estimate of drug-likeness (QED) is 0.393. The molecule has 152 valence electrons.